The molecule has 0 aliphatic heterocycles. The molecule has 0 bridgehead atoms. The number of fused-ring (bicyclic) bond motifs is 19. The summed E-state index contributed by atoms with van der Waals surface area (Å²) < 4.78 is 23.0. The summed E-state index contributed by atoms with van der Waals surface area (Å²) in [4.78, 5) is 0. The second-order valence-corrected chi connectivity index (χ2v) is 21.5. The molecule has 0 saturated heterocycles. The van der Waals surface area contributed by atoms with Gasteiger partial charge in [0.05, 0.1) is 5.52 Å². The van der Waals surface area contributed by atoms with Crippen LogP contribution in [0.4, 0.5) is 0 Å². The maximum absolute atomic E-state index is 7.10. The van der Waals surface area contributed by atoms with Gasteiger partial charge < -0.3 is 17.8 Å². The molecule has 0 N–H and O–H groups in total. The fourth-order valence-electron chi connectivity index (χ4n) is 13.7. The number of benzene rings is 12. The summed E-state index contributed by atoms with van der Waals surface area (Å²) in [7, 11) is 2.23. The Hall–Kier alpha value is -9.64. The Bertz CT molecular complexity index is 5200. The summed E-state index contributed by atoms with van der Waals surface area (Å²) in [5.41, 5.74) is 21.7. The van der Waals surface area contributed by atoms with Crippen LogP contribution in [0.3, 0.4) is 0 Å². The fraction of sp³-hybridized carbons (Fsp3) is 0.0556. The molecule has 4 heterocycles. The van der Waals surface area contributed by atoms with E-state index in [-0.39, 0.29) is 5.41 Å². The van der Waals surface area contributed by atoms with Crippen molar-refractivity contribution in [2.75, 3.05) is 0 Å². The first-order valence-electron chi connectivity index (χ1n) is 26.3. The van der Waals surface area contributed by atoms with Crippen LogP contribution in [0.15, 0.2) is 232 Å². The van der Waals surface area contributed by atoms with E-state index in [1.54, 1.807) is 0 Å². The van der Waals surface area contributed by atoms with E-state index in [2.05, 4.69) is 244 Å². The van der Waals surface area contributed by atoms with Gasteiger partial charge in [-0.15, -0.1) is 0 Å². The number of rotatable bonds is 4. The Morgan fingerprint density at radius 2 is 0.737 bits per heavy atom. The molecule has 0 spiro atoms. The predicted octanol–water partition coefficient (Wildman–Crippen LogP) is 20.3. The Morgan fingerprint density at radius 3 is 1.33 bits per heavy atom. The van der Waals surface area contributed by atoms with Gasteiger partial charge in [-0.25, -0.2) is 0 Å². The molecule has 17 rings (SSSR count). The number of hydrogen-bond acceptors (Lipinski definition) is 3. The molecular formula is C72H45NO3. The van der Waals surface area contributed by atoms with Gasteiger partial charge in [0, 0.05) is 72.2 Å². The molecule has 4 heteroatoms. The van der Waals surface area contributed by atoms with Crippen LogP contribution in [0.2, 0.25) is 0 Å². The van der Waals surface area contributed by atoms with E-state index in [4.69, 9.17) is 13.3 Å². The highest BCUT2D eigenvalue weighted by Gasteiger charge is 2.38. The minimum Gasteiger partial charge on any atom is -0.456 e. The van der Waals surface area contributed by atoms with Gasteiger partial charge in [0.15, 0.2) is 0 Å². The number of para-hydroxylation sites is 2. The monoisotopic (exact) mass is 971 g/mol. The van der Waals surface area contributed by atoms with Crippen molar-refractivity contribution in [3.63, 3.8) is 0 Å². The molecule has 0 fully saturated rings. The standard InChI is InChI=1S/C72H45NO3/c1-72(2)58-34-56-60(73(3)61-36-52(44-22-10-12-24-46(44)66(56)61)48-28-16-32-62-67(48)50-30-14-26-42(70(50)75-62)40-18-6-4-7-19-40)37-54(58)55-39-64-57(35-59(55)72)69-47-25-13-11-23-45(47)53(38-65(69)74-64)49-29-17-33-63-68(49)51-31-15-27-43(71(51)76-63)41-20-8-5-9-21-41/h4-39H,1-3H3. The van der Waals surface area contributed by atoms with Crippen molar-refractivity contribution in [2.24, 2.45) is 7.05 Å². The number of nitrogens with zero attached hydrogens (tertiary/aromatic N) is 1. The van der Waals surface area contributed by atoms with Crippen molar-refractivity contribution in [1.82, 2.24) is 4.57 Å². The summed E-state index contributed by atoms with van der Waals surface area (Å²) in [6.45, 7) is 4.79. The normalized spacial score (nSPS) is 13.3. The first-order valence-corrected chi connectivity index (χ1v) is 26.3. The van der Waals surface area contributed by atoms with Crippen LogP contribution in [-0.2, 0) is 12.5 Å². The molecule has 0 atom stereocenters. The highest BCUT2D eigenvalue weighted by Crippen LogP contribution is 2.55. The largest absolute Gasteiger partial charge is 0.456 e. The van der Waals surface area contributed by atoms with Crippen LogP contribution >= 0.6 is 0 Å². The van der Waals surface area contributed by atoms with E-state index in [1.807, 2.05) is 0 Å². The Balaban J connectivity index is 0.848. The molecule has 16 aromatic rings. The smallest absolute Gasteiger partial charge is 0.143 e. The van der Waals surface area contributed by atoms with E-state index < -0.39 is 0 Å². The Labute approximate surface area is 436 Å². The molecule has 1 aliphatic carbocycles. The minimum absolute atomic E-state index is 0.280. The van der Waals surface area contributed by atoms with E-state index in [1.165, 1.54) is 76.7 Å². The van der Waals surface area contributed by atoms with E-state index in [0.717, 1.165) is 99.2 Å². The van der Waals surface area contributed by atoms with E-state index in [9.17, 15) is 0 Å². The third-order valence-electron chi connectivity index (χ3n) is 17.2. The summed E-state index contributed by atoms with van der Waals surface area (Å²) in [6, 6.07) is 79.2. The molecule has 0 radical (unpaired) electrons. The minimum atomic E-state index is -0.280. The average Bonchev–Trinajstić information content (AvgIpc) is 4.43. The predicted molar refractivity (Wildman–Crippen MR) is 317 cm³/mol. The van der Waals surface area contributed by atoms with Gasteiger partial charge in [0.25, 0.3) is 0 Å². The van der Waals surface area contributed by atoms with Crippen molar-refractivity contribution in [3.8, 4) is 55.6 Å². The van der Waals surface area contributed by atoms with Gasteiger partial charge >= 0.3 is 0 Å². The van der Waals surface area contributed by atoms with Gasteiger partial charge in [-0.1, -0.05) is 184 Å². The molecule has 0 unspecified atom stereocenters. The third kappa shape index (κ3) is 5.52. The van der Waals surface area contributed by atoms with Crippen molar-refractivity contribution in [3.05, 3.63) is 230 Å². The lowest BCUT2D eigenvalue weighted by molar-refractivity contribution is 0.658. The van der Waals surface area contributed by atoms with Crippen LogP contribution in [0, 0.1) is 0 Å². The molecule has 4 aromatic heterocycles. The summed E-state index contributed by atoms with van der Waals surface area (Å²) >= 11 is 0. The van der Waals surface area contributed by atoms with Crippen molar-refractivity contribution in [1.29, 1.82) is 0 Å². The number of furan rings is 3. The maximum atomic E-state index is 7.10. The van der Waals surface area contributed by atoms with Crippen molar-refractivity contribution < 1.29 is 13.3 Å². The topological polar surface area (TPSA) is 44.4 Å². The molecule has 4 nitrogen and oxygen atoms in total. The van der Waals surface area contributed by atoms with E-state index >= 15 is 0 Å². The van der Waals surface area contributed by atoms with Crippen LogP contribution in [0.5, 0.6) is 0 Å². The molecule has 12 aromatic carbocycles. The van der Waals surface area contributed by atoms with Crippen LogP contribution < -0.4 is 0 Å². The zero-order chi connectivity index (χ0) is 50.1. The fourth-order valence-corrected chi connectivity index (χ4v) is 13.7. The van der Waals surface area contributed by atoms with Gasteiger partial charge in [-0.3, -0.25) is 0 Å². The molecule has 76 heavy (non-hydrogen) atoms. The lowest BCUT2D eigenvalue weighted by atomic mass is 9.81. The molecule has 0 saturated carbocycles. The lowest BCUT2D eigenvalue weighted by Crippen LogP contribution is -2.14. The van der Waals surface area contributed by atoms with Crippen molar-refractivity contribution in [2.45, 2.75) is 19.3 Å². The van der Waals surface area contributed by atoms with Crippen LogP contribution in [0.25, 0.3) is 165 Å². The highest BCUT2D eigenvalue weighted by molar-refractivity contribution is 6.28. The molecule has 1 aliphatic rings. The van der Waals surface area contributed by atoms with Gasteiger partial charge in [-0.05, 0) is 126 Å². The Kier molecular flexibility index (Phi) is 8.25. The summed E-state index contributed by atoms with van der Waals surface area (Å²) in [6.07, 6.45) is 0. The van der Waals surface area contributed by atoms with Crippen LogP contribution in [0.1, 0.15) is 25.0 Å². The average molecular weight is 972 g/mol. The zero-order valence-corrected chi connectivity index (χ0v) is 42.0. The maximum Gasteiger partial charge on any atom is 0.143 e. The lowest BCUT2D eigenvalue weighted by Gasteiger charge is -2.21. The summed E-state index contributed by atoms with van der Waals surface area (Å²) in [5.74, 6) is 0. The Morgan fingerprint density at radius 1 is 0.289 bits per heavy atom. The van der Waals surface area contributed by atoms with E-state index in [0.29, 0.717) is 0 Å². The third-order valence-corrected chi connectivity index (χ3v) is 17.2. The number of hydrogen-bond donors (Lipinski definition) is 0. The second-order valence-electron chi connectivity index (χ2n) is 21.5. The van der Waals surface area contributed by atoms with Crippen LogP contribution in [-0.4, -0.2) is 4.57 Å². The molecule has 356 valence electrons. The first-order chi connectivity index (χ1) is 37.4. The zero-order valence-electron chi connectivity index (χ0n) is 42.0. The molecular weight excluding hydrogens is 927 g/mol. The van der Waals surface area contributed by atoms with Gasteiger partial charge in [0.1, 0.15) is 33.5 Å². The van der Waals surface area contributed by atoms with Gasteiger partial charge in [-0.2, -0.15) is 0 Å². The molecule has 0 amide bonds. The number of aryl methyl sites for hydroxylation is 1. The summed E-state index contributed by atoms with van der Waals surface area (Å²) in [5, 5.41) is 14.1. The number of aromatic nitrogens is 1. The van der Waals surface area contributed by atoms with Crippen molar-refractivity contribution >= 4 is 109 Å². The second kappa shape index (κ2) is 15.0. The first kappa shape index (κ1) is 41.8. The quantitative estimate of drug-likeness (QED) is 0.177. The SMILES string of the molecule is Cn1c2cc3c(cc2c2c4ccccc4c(-c4cccc5oc6c(-c7ccccc7)cccc6c45)cc21)C(C)(C)c1cc2c(cc1-3)oc1cc(-c3cccc4oc5c(-c6ccccc6)cccc5c34)c3ccccc3c12. The van der Waals surface area contributed by atoms with Gasteiger partial charge in [0.2, 0.25) is 0 Å². The highest BCUT2D eigenvalue weighted by atomic mass is 16.3.